The molecule has 1 aliphatic carbocycles. The molecular weight excluding hydrogens is 196 g/mol. The molecule has 0 aromatic heterocycles. The molecule has 2 rings (SSSR count). The molecule has 0 aromatic carbocycles. The molecule has 0 spiro atoms. The van der Waals surface area contributed by atoms with Crippen molar-refractivity contribution in [3.63, 3.8) is 0 Å². The molecule has 1 saturated carbocycles. The van der Waals surface area contributed by atoms with E-state index < -0.39 is 11.6 Å². The second-order valence-electron chi connectivity index (χ2n) is 3.95. The molecule has 4 nitrogen and oxygen atoms in total. The molecule has 82 valence electrons. The fourth-order valence-electron chi connectivity index (χ4n) is 1.92. The number of carbonyl (C=O) groups excluding carboxylic acids is 2. The highest BCUT2D eigenvalue weighted by atomic mass is 16.6. The molecule has 15 heavy (non-hydrogen) atoms. The number of rotatable bonds is 3. The number of ether oxygens (including phenoxy) is 2. The largest absolute Gasteiger partial charge is 0.482 e. The average Bonchev–Trinajstić information content (AvgIpc) is 3.01. The Bertz CT molecular complexity index is 317. The van der Waals surface area contributed by atoms with E-state index in [1.807, 2.05) is 0 Å². The summed E-state index contributed by atoms with van der Waals surface area (Å²) in [4.78, 5) is 23.2. The summed E-state index contributed by atoms with van der Waals surface area (Å²) in [6.07, 6.45) is 4.66. The topological polar surface area (TPSA) is 52.6 Å². The normalized spacial score (nSPS) is 29.8. The highest BCUT2D eigenvalue weighted by molar-refractivity contribution is 5.96. The SMILES string of the molecule is CCOC(=O)[C@@]1(C2CC2)CC(=O)C=CO1. The number of hydrogen-bond acceptors (Lipinski definition) is 4. The van der Waals surface area contributed by atoms with Crippen LogP contribution in [0, 0.1) is 5.92 Å². The van der Waals surface area contributed by atoms with E-state index in [0.29, 0.717) is 6.61 Å². The molecule has 0 aromatic rings. The third-order valence-electron chi connectivity index (χ3n) is 2.83. The van der Waals surface area contributed by atoms with Gasteiger partial charge in [-0.3, -0.25) is 4.79 Å². The summed E-state index contributed by atoms with van der Waals surface area (Å²) in [6, 6.07) is 0. The second kappa shape index (κ2) is 3.68. The first-order chi connectivity index (χ1) is 7.19. The minimum Gasteiger partial charge on any atom is -0.482 e. The van der Waals surface area contributed by atoms with Crippen LogP contribution in [0.5, 0.6) is 0 Å². The van der Waals surface area contributed by atoms with Crippen LogP contribution in [0.15, 0.2) is 12.3 Å². The van der Waals surface area contributed by atoms with Gasteiger partial charge in [0.05, 0.1) is 19.3 Å². The predicted octanol–water partition coefficient (Wildman–Crippen LogP) is 1.20. The van der Waals surface area contributed by atoms with Crippen LogP contribution in [0.25, 0.3) is 0 Å². The van der Waals surface area contributed by atoms with E-state index in [1.165, 1.54) is 12.3 Å². The fraction of sp³-hybridized carbons (Fsp3) is 0.636. The molecule has 0 unspecified atom stereocenters. The minimum atomic E-state index is -1.03. The van der Waals surface area contributed by atoms with E-state index in [9.17, 15) is 9.59 Å². The Balaban J connectivity index is 2.20. The summed E-state index contributed by atoms with van der Waals surface area (Å²) >= 11 is 0. The van der Waals surface area contributed by atoms with Crippen LogP contribution in [0.3, 0.4) is 0 Å². The van der Waals surface area contributed by atoms with Crippen molar-refractivity contribution in [2.24, 2.45) is 5.92 Å². The zero-order valence-electron chi connectivity index (χ0n) is 8.69. The van der Waals surface area contributed by atoms with Gasteiger partial charge < -0.3 is 9.47 Å². The van der Waals surface area contributed by atoms with Crippen molar-refractivity contribution in [1.82, 2.24) is 0 Å². The van der Waals surface area contributed by atoms with Gasteiger partial charge in [0.1, 0.15) is 0 Å². The zero-order chi connectivity index (χ0) is 10.9. The Labute approximate surface area is 88.2 Å². The van der Waals surface area contributed by atoms with Gasteiger partial charge in [-0.1, -0.05) is 0 Å². The van der Waals surface area contributed by atoms with Gasteiger partial charge >= 0.3 is 5.97 Å². The summed E-state index contributed by atoms with van der Waals surface area (Å²) in [7, 11) is 0. The van der Waals surface area contributed by atoms with Crippen LogP contribution >= 0.6 is 0 Å². The summed E-state index contributed by atoms with van der Waals surface area (Å²) < 4.78 is 10.4. The molecule has 0 saturated heterocycles. The molecule has 1 heterocycles. The smallest absolute Gasteiger partial charge is 0.351 e. The first-order valence-corrected chi connectivity index (χ1v) is 5.23. The van der Waals surface area contributed by atoms with Crippen molar-refractivity contribution >= 4 is 11.8 Å². The van der Waals surface area contributed by atoms with Crippen LogP contribution in [0.4, 0.5) is 0 Å². The van der Waals surface area contributed by atoms with E-state index in [-0.39, 0.29) is 18.1 Å². The number of allylic oxidation sites excluding steroid dienone is 1. The van der Waals surface area contributed by atoms with Gasteiger partial charge in [-0.2, -0.15) is 0 Å². The maximum absolute atomic E-state index is 11.8. The molecular formula is C11H14O4. The molecule has 0 N–H and O–H groups in total. The highest BCUT2D eigenvalue weighted by Crippen LogP contribution is 2.46. The van der Waals surface area contributed by atoms with E-state index >= 15 is 0 Å². The van der Waals surface area contributed by atoms with Crippen molar-refractivity contribution in [1.29, 1.82) is 0 Å². The summed E-state index contributed by atoms with van der Waals surface area (Å²) in [5.41, 5.74) is -1.03. The second-order valence-corrected chi connectivity index (χ2v) is 3.95. The zero-order valence-corrected chi connectivity index (χ0v) is 8.69. The van der Waals surface area contributed by atoms with Gasteiger partial charge in [0.25, 0.3) is 0 Å². The fourth-order valence-corrected chi connectivity index (χ4v) is 1.92. The van der Waals surface area contributed by atoms with E-state index in [2.05, 4.69) is 0 Å². The monoisotopic (exact) mass is 210 g/mol. The van der Waals surface area contributed by atoms with Gasteiger partial charge in [-0.05, 0) is 19.8 Å². The third kappa shape index (κ3) is 1.76. The van der Waals surface area contributed by atoms with Crippen molar-refractivity contribution < 1.29 is 19.1 Å². The van der Waals surface area contributed by atoms with E-state index in [1.54, 1.807) is 6.92 Å². The van der Waals surface area contributed by atoms with Crippen molar-refractivity contribution in [3.8, 4) is 0 Å². The number of carbonyl (C=O) groups is 2. The molecule has 4 heteroatoms. The molecule has 0 bridgehead atoms. The number of ketones is 1. The molecule has 1 fully saturated rings. The Morgan fingerprint density at radius 1 is 1.67 bits per heavy atom. The lowest BCUT2D eigenvalue weighted by molar-refractivity contribution is -0.171. The lowest BCUT2D eigenvalue weighted by Gasteiger charge is -2.31. The average molecular weight is 210 g/mol. The predicted molar refractivity (Wildman–Crippen MR) is 51.9 cm³/mol. The quantitative estimate of drug-likeness (QED) is 0.657. The first kappa shape index (κ1) is 10.2. The van der Waals surface area contributed by atoms with Crippen LogP contribution in [-0.4, -0.2) is 24.0 Å². The minimum absolute atomic E-state index is 0.0683. The van der Waals surface area contributed by atoms with Gasteiger partial charge in [-0.25, -0.2) is 4.79 Å². The summed E-state index contributed by atoms with van der Waals surface area (Å²) in [6.45, 7) is 2.06. The molecule has 1 aliphatic heterocycles. The molecule has 0 amide bonds. The van der Waals surface area contributed by atoms with Crippen molar-refractivity contribution in [2.75, 3.05) is 6.61 Å². The Morgan fingerprint density at radius 3 is 2.93 bits per heavy atom. The van der Waals surface area contributed by atoms with Crippen LogP contribution < -0.4 is 0 Å². The first-order valence-electron chi connectivity index (χ1n) is 5.23. The number of hydrogen-bond donors (Lipinski definition) is 0. The van der Waals surface area contributed by atoms with Crippen LogP contribution in [-0.2, 0) is 19.1 Å². The lowest BCUT2D eigenvalue weighted by atomic mass is 9.90. The van der Waals surface area contributed by atoms with Crippen LogP contribution in [0.1, 0.15) is 26.2 Å². The highest BCUT2D eigenvalue weighted by Gasteiger charge is 2.55. The van der Waals surface area contributed by atoms with Gasteiger partial charge in [0, 0.05) is 12.0 Å². The van der Waals surface area contributed by atoms with Crippen molar-refractivity contribution in [3.05, 3.63) is 12.3 Å². The molecule has 0 radical (unpaired) electrons. The lowest BCUT2D eigenvalue weighted by Crippen LogP contribution is -2.47. The Hall–Kier alpha value is -1.32. The third-order valence-corrected chi connectivity index (χ3v) is 2.83. The molecule has 1 atom stereocenters. The maximum Gasteiger partial charge on any atom is 0.351 e. The van der Waals surface area contributed by atoms with E-state index in [0.717, 1.165) is 12.8 Å². The summed E-state index contributed by atoms with van der Waals surface area (Å²) in [5, 5.41) is 0. The van der Waals surface area contributed by atoms with Gasteiger partial charge in [-0.15, -0.1) is 0 Å². The maximum atomic E-state index is 11.8. The molecule has 2 aliphatic rings. The Morgan fingerprint density at radius 2 is 2.40 bits per heavy atom. The van der Waals surface area contributed by atoms with Gasteiger partial charge in [0.15, 0.2) is 5.78 Å². The standard InChI is InChI=1S/C11H14O4/c1-2-14-10(13)11(8-3-4-8)7-9(12)5-6-15-11/h5-6,8H,2-4,7H2,1H3/t11-/m0/s1. The Kier molecular flexibility index (Phi) is 2.50. The van der Waals surface area contributed by atoms with E-state index in [4.69, 9.17) is 9.47 Å². The van der Waals surface area contributed by atoms with Gasteiger partial charge in [0.2, 0.25) is 5.60 Å². The summed E-state index contributed by atoms with van der Waals surface area (Å²) in [5.74, 6) is -0.322. The van der Waals surface area contributed by atoms with Crippen LogP contribution in [0.2, 0.25) is 0 Å². The van der Waals surface area contributed by atoms with Crippen molar-refractivity contribution in [2.45, 2.75) is 31.8 Å². The number of esters is 1.